The molecule has 0 aromatic rings. The smallest absolute Gasteiger partial charge is 0.166 e. The molecule has 0 aromatic heterocycles. The molecule has 0 spiro atoms. The fourth-order valence-corrected chi connectivity index (χ4v) is 1.52. The Labute approximate surface area is 87.3 Å². The van der Waals surface area contributed by atoms with E-state index in [1.54, 1.807) is 0 Å². The Hall–Kier alpha value is -0.340. The summed E-state index contributed by atoms with van der Waals surface area (Å²) in [5.74, 6) is -0.414. The minimum Gasteiger partial charge on any atom is -0.350 e. The standard InChI is InChI=1S/C12H22O2/c1-6-7-8-12(5)13-9-11(3,4)10(2)14-12/h6,10H,1,7-9H2,2-5H3. The summed E-state index contributed by atoms with van der Waals surface area (Å²) in [5, 5.41) is 0. The maximum Gasteiger partial charge on any atom is 0.166 e. The molecule has 0 aliphatic carbocycles. The molecule has 1 saturated heterocycles. The lowest BCUT2D eigenvalue weighted by molar-refractivity contribution is -0.318. The fraction of sp³-hybridized carbons (Fsp3) is 0.833. The van der Waals surface area contributed by atoms with Crippen LogP contribution in [0.2, 0.25) is 0 Å². The molecule has 2 atom stereocenters. The highest BCUT2D eigenvalue weighted by atomic mass is 16.7. The van der Waals surface area contributed by atoms with Crippen LogP contribution in [-0.4, -0.2) is 18.5 Å². The molecule has 2 unspecified atom stereocenters. The van der Waals surface area contributed by atoms with Crippen LogP contribution in [0.1, 0.15) is 40.5 Å². The Bertz CT molecular complexity index is 210. The first-order valence-corrected chi connectivity index (χ1v) is 5.32. The van der Waals surface area contributed by atoms with Gasteiger partial charge in [0.1, 0.15) is 0 Å². The first kappa shape index (κ1) is 11.7. The number of ether oxygens (including phenoxy) is 2. The van der Waals surface area contributed by atoms with Crippen LogP contribution in [-0.2, 0) is 9.47 Å². The van der Waals surface area contributed by atoms with Gasteiger partial charge in [0, 0.05) is 11.8 Å². The van der Waals surface area contributed by atoms with Crippen LogP contribution in [0.3, 0.4) is 0 Å². The Morgan fingerprint density at radius 2 is 2.07 bits per heavy atom. The second-order valence-corrected chi connectivity index (χ2v) is 5.00. The molecule has 0 bridgehead atoms. The topological polar surface area (TPSA) is 18.5 Å². The predicted molar refractivity (Wildman–Crippen MR) is 58.1 cm³/mol. The van der Waals surface area contributed by atoms with Crippen molar-refractivity contribution in [1.82, 2.24) is 0 Å². The average molecular weight is 198 g/mol. The summed E-state index contributed by atoms with van der Waals surface area (Å²) in [6, 6.07) is 0. The van der Waals surface area contributed by atoms with E-state index in [0.717, 1.165) is 19.4 Å². The van der Waals surface area contributed by atoms with E-state index in [-0.39, 0.29) is 11.5 Å². The van der Waals surface area contributed by atoms with Crippen LogP contribution >= 0.6 is 0 Å². The Morgan fingerprint density at radius 3 is 2.57 bits per heavy atom. The third kappa shape index (κ3) is 2.58. The molecule has 0 aromatic carbocycles. The maximum atomic E-state index is 5.92. The molecule has 1 aliphatic heterocycles. The Balaban J connectivity index is 2.56. The highest BCUT2D eigenvalue weighted by Crippen LogP contribution is 2.36. The van der Waals surface area contributed by atoms with E-state index in [1.165, 1.54) is 0 Å². The fourth-order valence-electron chi connectivity index (χ4n) is 1.52. The summed E-state index contributed by atoms with van der Waals surface area (Å²) in [6.07, 6.45) is 3.97. The quantitative estimate of drug-likeness (QED) is 0.649. The second kappa shape index (κ2) is 4.03. The molecule has 1 heterocycles. The zero-order valence-electron chi connectivity index (χ0n) is 9.80. The highest BCUT2D eigenvalue weighted by molar-refractivity contribution is 4.84. The molecule has 2 heteroatoms. The summed E-state index contributed by atoms with van der Waals surface area (Å²) >= 11 is 0. The number of hydrogen-bond acceptors (Lipinski definition) is 2. The Morgan fingerprint density at radius 1 is 1.43 bits per heavy atom. The van der Waals surface area contributed by atoms with Gasteiger partial charge in [-0.25, -0.2) is 0 Å². The number of hydrogen-bond donors (Lipinski definition) is 0. The molecular formula is C12H22O2. The lowest BCUT2D eigenvalue weighted by Crippen LogP contribution is -2.50. The second-order valence-electron chi connectivity index (χ2n) is 5.00. The zero-order valence-corrected chi connectivity index (χ0v) is 9.80. The van der Waals surface area contributed by atoms with Crippen molar-refractivity contribution in [2.75, 3.05) is 6.61 Å². The van der Waals surface area contributed by atoms with Crippen molar-refractivity contribution in [2.45, 2.75) is 52.4 Å². The van der Waals surface area contributed by atoms with Gasteiger partial charge in [0.05, 0.1) is 12.7 Å². The first-order valence-electron chi connectivity index (χ1n) is 5.32. The van der Waals surface area contributed by atoms with Crippen molar-refractivity contribution in [3.8, 4) is 0 Å². The normalized spacial score (nSPS) is 36.7. The summed E-state index contributed by atoms with van der Waals surface area (Å²) in [6.45, 7) is 13.0. The van der Waals surface area contributed by atoms with Crippen LogP contribution < -0.4 is 0 Å². The van der Waals surface area contributed by atoms with Gasteiger partial charge < -0.3 is 9.47 Å². The molecule has 2 nitrogen and oxygen atoms in total. The van der Waals surface area contributed by atoms with Crippen LogP contribution in [0.15, 0.2) is 12.7 Å². The van der Waals surface area contributed by atoms with Crippen molar-refractivity contribution < 1.29 is 9.47 Å². The van der Waals surface area contributed by atoms with Crippen molar-refractivity contribution in [2.24, 2.45) is 5.41 Å². The van der Waals surface area contributed by atoms with Gasteiger partial charge in [-0.3, -0.25) is 0 Å². The van der Waals surface area contributed by atoms with Gasteiger partial charge in [-0.15, -0.1) is 6.58 Å². The molecule has 0 saturated carbocycles. The zero-order chi connectivity index (χ0) is 10.8. The van der Waals surface area contributed by atoms with Gasteiger partial charge in [0.15, 0.2) is 5.79 Å². The number of rotatable bonds is 3. The molecule has 0 amide bonds. The van der Waals surface area contributed by atoms with Crippen LogP contribution in [0.5, 0.6) is 0 Å². The van der Waals surface area contributed by atoms with E-state index < -0.39 is 5.79 Å². The minimum atomic E-state index is -0.414. The van der Waals surface area contributed by atoms with Crippen LogP contribution in [0, 0.1) is 5.41 Å². The number of allylic oxidation sites excluding steroid dienone is 1. The van der Waals surface area contributed by atoms with E-state index in [9.17, 15) is 0 Å². The third-order valence-electron chi connectivity index (χ3n) is 3.08. The summed E-state index contributed by atoms with van der Waals surface area (Å²) in [5.41, 5.74) is 0.119. The van der Waals surface area contributed by atoms with Gasteiger partial charge in [0.25, 0.3) is 0 Å². The molecule has 0 radical (unpaired) electrons. The van der Waals surface area contributed by atoms with Crippen molar-refractivity contribution in [1.29, 1.82) is 0 Å². The van der Waals surface area contributed by atoms with E-state index in [1.807, 2.05) is 13.0 Å². The molecule has 1 rings (SSSR count). The molecular weight excluding hydrogens is 176 g/mol. The van der Waals surface area contributed by atoms with Gasteiger partial charge in [-0.2, -0.15) is 0 Å². The molecule has 1 aliphatic rings. The average Bonchev–Trinajstić information content (AvgIpc) is 2.10. The highest BCUT2D eigenvalue weighted by Gasteiger charge is 2.41. The maximum absolute atomic E-state index is 5.92. The summed E-state index contributed by atoms with van der Waals surface area (Å²) < 4.78 is 11.7. The van der Waals surface area contributed by atoms with E-state index in [0.29, 0.717) is 0 Å². The predicted octanol–water partition coefficient (Wildman–Crippen LogP) is 3.13. The van der Waals surface area contributed by atoms with E-state index in [4.69, 9.17) is 9.47 Å². The molecule has 0 N–H and O–H groups in total. The van der Waals surface area contributed by atoms with Gasteiger partial charge in [-0.1, -0.05) is 19.9 Å². The molecule has 82 valence electrons. The van der Waals surface area contributed by atoms with Crippen molar-refractivity contribution in [3.05, 3.63) is 12.7 Å². The van der Waals surface area contributed by atoms with Gasteiger partial charge in [0.2, 0.25) is 0 Å². The van der Waals surface area contributed by atoms with Gasteiger partial charge in [-0.05, 0) is 20.3 Å². The van der Waals surface area contributed by atoms with Crippen LogP contribution in [0.4, 0.5) is 0 Å². The summed E-state index contributed by atoms with van der Waals surface area (Å²) in [7, 11) is 0. The monoisotopic (exact) mass is 198 g/mol. The van der Waals surface area contributed by atoms with Crippen molar-refractivity contribution in [3.63, 3.8) is 0 Å². The Kier molecular flexibility index (Phi) is 3.38. The first-order chi connectivity index (χ1) is 6.40. The van der Waals surface area contributed by atoms with Crippen LogP contribution in [0.25, 0.3) is 0 Å². The van der Waals surface area contributed by atoms with E-state index >= 15 is 0 Å². The SMILES string of the molecule is C=CCCC1(C)OCC(C)(C)C(C)O1. The lowest BCUT2D eigenvalue weighted by atomic mass is 9.87. The lowest BCUT2D eigenvalue weighted by Gasteiger charge is -2.46. The van der Waals surface area contributed by atoms with Crippen molar-refractivity contribution >= 4 is 0 Å². The molecule has 1 fully saturated rings. The van der Waals surface area contributed by atoms with Gasteiger partial charge >= 0.3 is 0 Å². The summed E-state index contributed by atoms with van der Waals surface area (Å²) in [4.78, 5) is 0. The van der Waals surface area contributed by atoms with E-state index in [2.05, 4.69) is 27.4 Å². The largest absolute Gasteiger partial charge is 0.350 e. The molecule has 14 heavy (non-hydrogen) atoms. The third-order valence-corrected chi connectivity index (χ3v) is 3.08. The minimum absolute atomic E-state index is 0.119.